The number of para-hydroxylation sites is 1. The van der Waals surface area contributed by atoms with E-state index in [2.05, 4.69) is 10.6 Å². The van der Waals surface area contributed by atoms with Crippen molar-refractivity contribution in [2.45, 2.75) is 18.5 Å². The lowest BCUT2D eigenvalue weighted by Crippen LogP contribution is -2.53. The first-order valence-corrected chi connectivity index (χ1v) is 9.17. The maximum Gasteiger partial charge on any atom is 0.269 e. The summed E-state index contributed by atoms with van der Waals surface area (Å²) in [7, 11) is 0. The Balaban J connectivity index is 1.61. The minimum atomic E-state index is -1.32. The molecule has 2 aromatic rings. The predicted octanol–water partition coefficient (Wildman–Crippen LogP) is 1.54. The van der Waals surface area contributed by atoms with Gasteiger partial charge in [0, 0.05) is 29.4 Å². The lowest BCUT2D eigenvalue weighted by atomic mass is 9.76. The number of nitro groups is 1. The first-order chi connectivity index (χ1) is 13.9. The zero-order valence-corrected chi connectivity index (χ0v) is 15.3. The standard InChI is InChI=1S/C20H16N4O5/c1-10-15-16(20(22-10)13-4-2-3-5-14(13)21-19(20)27)18(26)23(17(15)25)11-6-8-12(9-7-11)24(28)29/h2-10,15-16,22H,1H3,(H,21,27)/t10-,15+,16-,20+/m0/s1. The molecule has 0 unspecified atom stereocenters. The van der Waals surface area contributed by atoms with Crippen molar-refractivity contribution in [3.8, 4) is 0 Å². The third kappa shape index (κ3) is 2.10. The van der Waals surface area contributed by atoms with Crippen LogP contribution in [-0.4, -0.2) is 28.7 Å². The second-order valence-corrected chi connectivity index (χ2v) is 7.53. The largest absolute Gasteiger partial charge is 0.324 e. The van der Waals surface area contributed by atoms with E-state index in [0.717, 1.165) is 4.90 Å². The highest BCUT2D eigenvalue weighted by atomic mass is 16.6. The van der Waals surface area contributed by atoms with Crippen LogP contribution in [0.4, 0.5) is 17.1 Å². The van der Waals surface area contributed by atoms with E-state index in [4.69, 9.17) is 0 Å². The average molecular weight is 392 g/mol. The summed E-state index contributed by atoms with van der Waals surface area (Å²) >= 11 is 0. The Morgan fingerprint density at radius 3 is 2.41 bits per heavy atom. The number of hydrogen-bond donors (Lipinski definition) is 2. The normalized spacial score (nSPS) is 29.9. The molecule has 0 aromatic heterocycles. The summed E-state index contributed by atoms with van der Waals surface area (Å²) in [4.78, 5) is 51.0. The number of carbonyl (C=O) groups excluding carboxylic acids is 3. The Hall–Kier alpha value is -3.59. The zero-order valence-electron chi connectivity index (χ0n) is 15.3. The average Bonchev–Trinajstić information content (AvgIpc) is 3.26. The van der Waals surface area contributed by atoms with Crippen LogP contribution in [0.2, 0.25) is 0 Å². The Bertz CT molecular complexity index is 1100. The molecule has 146 valence electrons. The summed E-state index contributed by atoms with van der Waals surface area (Å²) in [6.07, 6.45) is 0. The number of imide groups is 1. The Morgan fingerprint density at radius 2 is 1.72 bits per heavy atom. The first kappa shape index (κ1) is 17.5. The van der Waals surface area contributed by atoms with E-state index >= 15 is 0 Å². The van der Waals surface area contributed by atoms with Crippen molar-refractivity contribution in [1.82, 2.24) is 5.32 Å². The molecule has 0 aliphatic carbocycles. The summed E-state index contributed by atoms with van der Waals surface area (Å²) in [6, 6.07) is 12.0. The second kappa shape index (κ2) is 5.71. The molecule has 2 fully saturated rings. The Morgan fingerprint density at radius 1 is 1.03 bits per heavy atom. The molecule has 3 aliphatic heterocycles. The molecule has 4 atom stereocenters. The van der Waals surface area contributed by atoms with Gasteiger partial charge in [0.25, 0.3) is 5.69 Å². The highest BCUT2D eigenvalue weighted by Crippen LogP contribution is 2.53. The van der Waals surface area contributed by atoms with Crippen LogP contribution in [0.25, 0.3) is 0 Å². The summed E-state index contributed by atoms with van der Waals surface area (Å²) in [5, 5.41) is 16.9. The van der Waals surface area contributed by atoms with Crippen LogP contribution >= 0.6 is 0 Å². The molecule has 2 N–H and O–H groups in total. The van der Waals surface area contributed by atoms with Gasteiger partial charge in [-0.15, -0.1) is 0 Å². The van der Waals surface area contributed by atoms with E-state index in [1.807, 2.05) is 0 Å². The molecule has 3 heterocycles. The van der Waals surface area contributed by atoms with Crippen molar-refractivity contribution < 1.29 is 19.3 Å². The second-order valence-electron chi connectivity index (χ2n) is 7.53. The number of nitro benzene ring substituents is 1. The number of non-ortho nitro benzene ring substituents is 1. The van der Waals surface area contributed by atoms with Gasteiger partial charge in [-0.25, -0.2) is 4.90 Å². The molecule has 2 aromatic carbocycles. The van der Waals surface area contributed by atoms with Crippen LogP contribution in [0.1, 0.15) is 12.5 Å². The minimum absolute atomic E-state index is 0.136. The summed E-state index contributed by atoms with van der Waals surface area (Å²) in [5.74, 6) is -2.87. The number of anilines is 2. The highest BCUT2D eigenvalue weighted by molar-refractivity contribution is 6.25. The molecule has 0 radical (unpaired) electrons. The first-order valence-electron chi connectivity index (χ1n) is 9.17. The van der Waals surface area contributed by atoms with Crippen molar-refractivity contribution in [3.63, 3.8) is 0 Å². The zero-order chi connectivity index (χ0) is 20.5. The molecule has 1 spiro atoms. The minimum Gasteiger partial charge on any atom is -0.324 e. The number of fused-ring (bicyclic) bond motifs is 4. The number of nitrogens with zero attached hydrogens (tertiary/aromatic N) is 2. The number of nitrogens with one attached hydrogen (secondary N) is 2. The summed E-state index contributed by atoms with van der Waals surface area (Å²) in [5.41, 5.74) is 0.0729. The number of hydrogen-bond acceptors (Lipinski definition) is 6. The summed E-state index contributed by atoms with van der Waals surface area (Å²) in [6.45, 7) is 1.78. The monoisotopic (exact) mass is 392 g/mol. The van der Waals surface area contributed by atoms with E-state index in [9.17, 15) is 24.5 Å². The van der Waals surface area contributed by atoms with Gasteiger partial charge in [-0.3, -0.25) is 29.8 Å². The topological polar surface area (TPSA) is 122 Å². The van der Waals surface area contributed by atoms with Crippen molar-refractivity contribution in [3.05, 3.63) is 64.2 Å². The fourth-order valence-electron chi connectivity index (χ4n) is 4.90. The van der Waals surface area contributed by atoms with Gasteiger partial charge >= 0.3 is 0 Å². The Kier molecular flexibility index (Phi) is 3.45. The van der Waals surface area contributed by atoms with Crippen molar-refractivity contribution in [2.75, 3.05) is 10.2 Å². The van der Waals surface area contributed by atoms with Crippen LogP contribution < -0.4 is 15.5 Å². The number of rotatable bonds is 2. The van der Waals surface area contributed by atoms with Gasteiger partial charge in [-0.05, 0) is 25.1 Å². The van der Waals surface area contributed by atoms with Crippen LogP contribution in [-0.2, 0) is 19.9 Å². The molecular formula is C20H16N4O5. The fourth-order valence-corrected chi connectivity index (χ4v) is 4.90. The highest BCUT2D eigenvalue weighted by Gasteiger charge is 2.69. The van der Waals surface area contributed by atoms with E-state index in [-0.39, 0.29) is 17.3 Å². The van der Waals surface area contributed by atoms with Gasteiger partial charge in [0.15, 0.2) is 0 Å². The molecule has 9 nitrogen and oxygen atoms in total. The van der Waals surface area contributed by atoms with Crippen LogP contribution in [0.5, 0.6) is 0 Å². The lowest BCUT2D eigenvalue weighted by molar-refractivity contribution is -0.384. The van der Waals surface area contributed by atoms with Gasteiger partial charge in [-0.2, -0.15) is 0 Å². The molecule has 3 amide bonds. The van der Waals surface area contributed by atoms with Gasteiger partial charge in [0.2, 0.25) is 17.7 Å². The smallest absolute Gasteiger partial charge is 0.269 e. The van der Waals surface area contributed by atoms with Crippen LogP contribution in [0.3, 0.4) is 0 Å². The molecule has 5 rings (SSSR count). The third-order valence-electron chi connectivity index (χ3n) is 6.09. The Labute approximate surface area is 164 Å². The molecule has 9 heteroatoms. The molecule has 2 saturated heterocycles. The van der Waals surface area contributed by atoms with Crippen molar-refractivity contribution >= 4 is 34.8 Å². The number of amides is 3. The molecule has 0 bridgehead atoms. The van der Waals surface area contributed by atoms with Crippen molar-refractivity contribution in [2.24, 2.45) is 11.8 Å². The number of benzene rings is 2. The predicted molar refractivity (Wildman–Crippen MR) is 102 cm³/mol. The molecule has 0 saturated carbocycles. The van der Waals surface area contributed by atoms with E-state index < -0.39 is 40.2 Å². The van der Waals surface area contributed by atoms with Gasteiger partial charge in [-0.1, -0.05) is 18.2 Å². The van der Waals surface area contributed by atoms with Crippen LogP contribution in [0, 0.1) is 22.0 Å². The lowest BCUT2D eigenvalue weighted by Gasteiger charge is -2.29. The SMILES string of the molecule is C[C@@H]1N[C@@]2(C(=O)Nc3ccccc32)[C@@H]2C(=O)N(c3ccc([N+](=O)[O-])cc3)C(=O)[C@H]12. The number of carbonyl (C=O) groups is 3. The molecule has 3 aliphatic rings. The van der Waals surface area contributed by atoms with Gasteiger partial charge < -0.3 is 5.32 Å². The summed E-state index contributed by atoms with van der Waals surface area (Å²) < 4.78 is 0. The molecular weight excluding hydrogens is 376 g/mol. The quantitative estimate of drug-likeness (QED) is 0.454. The fraction of sp³-hybridized carbons (Fsp3) is 0.250. The van der Waals surface area contributed by atoms with E-state index in [0.29, 0.717) is 11.3 Å². The van der Waals surface area contributed by atoms with Crippen molar-refractivity contribution in [1.29, 1.82) is 0 Å². The van der Waals surface area contributed by atoms with E-state index in [1.165, 1.54) is 24.3 Å². The van der Waals surface area contributed by atoms with Gasteiger partial charge in [0.1, 0.15) is 5.54 Å². The third-order valence-corrected chi connectivity index (χ3v) is 6.09. The van der Waals surface area contributed by atoms with E-state index in [1.54, 1.807) is 31.2 Å². The van der Waals surface area contributed by atoms with Crippen LogP contribution in [0.15, 0.2) is 48.5 Å². The maximum atomic E-state index is 13.4. The molecule has 29 heavy (non-hydrogen) atoms. The van der Waals surface area contributed by atoms with Gasteiger partial charge in [0.05, 0.1) is 22.4 Å². The maximum absolute atomic E-state index is 13.4.